The highest BCUT2D eigenvalue weighted by molar-refractivity contribution is 6.10. The molecule has 2 aromatic heterocycles. The third-order valence-corrected chi connectivity index (χ3v) is 7.14. The molecule has 0 aliphatic heterocycles. The van der Waals surface area contributed by atoms with Crippen molar-refractivity contribution in [2.75, 3.05) is 0 Å². The van der Waals surface area contributed by atoms with Crippen LogP contribution in [0, 0.1) is 0 Å². The highest BCUT2D eigenvalue weighted by Crippen LogP contribution is 2.36. The summed E-state index contributed by atoms with van der Waals surface area (Å²) in [5, 5.41) is 2.58. The molecule has 0 saturated carbocycles. The van der Waals surface area contributed by atoms with E-state index < -0.39 is 0 Å². The van der Waals surface area contributed by atoms with Crippen LogP contribution < -0.4 is 0 Å². The number of para-hydroxylation sites is 3. The van der Waals surface area contributed by atoms with Crippen LogP contribution in [-0.2, 0) is 6.42 Å². The van der Waals surface area contributed by atoms with Gasteiger partial charge in [-0.25, -0.2) is 4.98 Å². The highest BCUT2D eigenvalue weighted by atomic mass is 16.3. The van der Waals surface area contributed by atoms with Crippen LogP contribution >= 0.6 is 0 Å². The Bertz CT molecular complexity index is 1840. The van der Waals surface area contributed by atoms with Crippen LogP contribution in [0.15, 0.2) is 120 Å². The molecule has 3 nitrogen and oxygen atoms in total. The first-order chi connectivity index (χ1) is 18.3. The van der Waals surface area contributed by atoms with Crippen molar-refractivity contribution in [2.24, 2.45) is 0 Å². The number of hydrogen-bond acceptors (Lipinski definition) is 2. The van der Waals surface area contributed by atoms with Crippen molar-refractivity contribution in [3.8, 4) is 28.3 Å². The second-order valence-corrected chi connectivity index (χ2v) is 9.57. The van der Waals surface area contributed by atoms with E-state index >= 15 is 0 Å². The zero-order chi connectivity index (χ0) is 24.8. The lowest BCUT2D eigenvalue weighted by molar-refractivity contribution is 0.620. The van der Waals surface area contributed by atoms with Gasteiger partial charge < -0.3 is 8.98 Å². The van der Waals surface area contributed by atoms with Crippen LogP contribution in [-0.4, -0.2) is 9.55 Å². The third-order valence-electron chi connectivity index (χ3n) is 7.14. The van der Waals surface area contributed by atoms with E-state index in [-0.39, 0.29) is 0 Å². The minimum absolute atomic E-state index is 0.651. The summed E-state index contributed by atoms with van der Waals surface area (Å²) in [5.74, 6) is 0.651. The molecule has 0 spiro atoms. The fourth-order valence-corrected chi connectivity index (χ4v) is 5.35. The average Bonchev–Trinajstić information content (AvgIpc) is 3.53. The first kappa shape index (κ1) is 21.6. The number of hydrogen-bond donors (Lipinski definition) is 0. The summed E-state index contributed by atoms with van der Waals surface area (Å²) in [4.78, 5) is 4.65. The second kappa shape index (κ2) is 8.79. The predicted octanol–water partition coefficient (Wildman–Crippen LogP) is 9.21. The predicted molar refractivity (Wildman–Crippen MR) is 153 cm³/mol. The number of oxazole rings is 1. The molecule has 2 heterocycles. The summed E-state index contributed by atoms with van der Waals surface area (Å²) >= 11 is 0. The van der Waals surface area contributed by atoms with Gasteiger partial charge in [-0.1, -0.05) is 67.9 Å². The SMILES string of the molecule is CCCc1ccc2c(c1)c1cc(-c3ccc(-c4nc5ccccc5o4)cc3)ccc1n2-c1ccccc1. The van der Waals surface area contributed by atoms with Crippen molar-refractivity contribution in [3.05, 3.63) is 121 Å². The van der Waals surface area contributed by atoms with Gasteiger partial charge >= 0.3 is 0 Å². The summed E-state index contributed by atoms with van der Waals surface area (Å²) in [6.07, 6.45) is 2.23. The highest BCUT2D eigenvalue weighted by Gasteiger charge is 2.14. The Morgan fingerprint density at radius 1 is 0.649 bits per heavy atom. The lowest BCUT2D eigenvalue weighted by Crippen LogP contribution is -1.93. The molecular formula is C34H26N2O. The maximum atomic E-state index is 5.97. The third kappa shape index (κ3) is 3.71. The van der Waals surface area contributed by atoms with Gasteiger partial charge in [-0.3, -0.25) is 0 Å². The van der Waals surface area contributed by atoms with Crippen molar-refractivity contribution >= 4 is 32.9 Å². The number of rotatable bonds is 5. The monoisotopic (exact) mass is 478 g/mol. The molecule has 0 aliphatic rings. The van der Waals surface area contributed by atoms with E-state index in [9.17, 15) is 0 Å². The van der Waals surface area contributed by atoms with Gasteiger partial charge in [-0.15, -0.1) is 0 Å². The quantitative estimate of drug-likeness (QED) is 0.247. The maximum absolute atomic E-state index is 5.97. The number of nitrogens with zero attached hydrogens (tertiary/aromatic N) is 2. The van der Waals surface area contributed by atoms with Crippen molar-refractivity contribution in [2.45, 2.75) is 19.8 Å². The van der Waals surface area contributed by atoms with Crippen molar-refractivity contribution in [3.63, 3.8) is 0 Å². The fourth-order valence-electron chi connectivity index (χ4n) is 5.35. The Balaban J connectivity index is 1.35. The Labute approximate surface area is 215 Å². The number of aromatic nitrogens is 2. The molecule has 178 valence electrons. The van der Waals surface area contributed by atoms with E-state index in [0.29, 0.717) is 5.89 Å². The van der Waals surface area contributed by atoms with Gasteiger partial charge in [0.1, 0.15) is 5.52 Å². The Kier molecular flexibility index (Phi) is 5.14. The molecule has 0 N–H and O–H groups in total. The number of fused-ring (bicyclic) bond motifs is 4. The molecule has 0 saturated heterocycles. The number of benzene rings is 5. The van der Waals surface area contributed by atoms with Crippen molar-refractivity contribution in [1.82, 2.24) is 9.55 Å². The van der Waals surface area contributed by atoms with Crippen molar-refractivity contribution < 1.29 is 4.42 Å². The molecule has 0 amide bonds. The Hall–Kier alpha value is -4.63. The van der Waals surface area contributed by atoms with Crippen molar-refractivity contribution in [1.29, 1.82) is 0 Å². The molecule has 0 fully saturated rings. The van der Waals surface area contributed by atoms with Crippen LogP contribution in [0.4, 0.5) is 0 Å². The van der Waals surface area contributed by atoms with E-state index in [1.165, 1.54) is 44.2 Å². The van der Waals surface area contributed by atoms with Gasteiger partial charge in [0.2, 0.25) is 5.89 Å². The standard InChI is InChI=1S/C34H26N2O/c1-2-8-23-13-19-31-28(21-23)29-22-26(18-20-32(29)36(31)27-9-4-3-5-10-27)24-14-16-25(17-15-24)34-35-30-11-6-7-12-33(30)37-34/h3-7,9-22H,2,8H2,1H3. The zero-order valence-corrected chi connectivity index (χ0v) is 20.7. The molecular weight excluding hydrogens is 452 g/mol. The number of aryl methyl sites for hydroxylation is 1. The summed E-state index contributed by atoms with van der Waals surface area (Å²) in [7, 11) is 0. The Morgan fingerprint density at radius 2 is 1.32 bits per heavy atom. The minimum Gasteiger partial charge on any atom is -0.436 e. The minimum atomic E-state index is 0.651. The van der Waals surface area contributed by atoms with Crippen LogP contribution in [0.1, 0.15) is 18.9 Å². The van der Waals surface area contributed by atoms with Crippen LogP contribution in [0.5, 0.6) is 0 Å². The van der Waals surface area contributed by atoms with Gasteiger partial charge in [-0.2, -0.15) is 0 Å². The topological polar surface area (TPSA) is 31.0 Å². The van der Waals surface area contributed by atoms with Gasteiger partial charge in [-0.05, 0) is 83.8 Å². The van der Waals surface area contributed by atoms with Crippen LogP contribution in [0.3, 0.4) is 0 Å². The molecule has 5 aromatic carbocycles. The molecule has 0 aliphatic carbocycles. The van der Waals surface area contributed by atoms with E-state index in [0.717, 1.165) is 29.5 Å². The summed E-state index contributed by atoms with van der Waals surface area (Å²) in [5.41, 5.74) is 10.1. The van der Waals surface area contributed by atoms with E-state index in [1.807, 2.05) is 24.3 Å². The summed E-state index contributed by atoms with van der Waals surface area (Å²) in [6, 6.07) is 40.8. The van der Waals surface area contributed by atoms with Gasteiger partial charge in [0.05, 0.1) is 11.0 Å². The van der Waals surface area contributed by atoms with Gasteiger partial charge in [0.25, 0.3) is 0 Å². The molecule has 3 heteroatoms. The summed E-state index contributed by atoms with van der Waals surface area (Å²) < 4.78 is 8.34. The molecule has 0 radical (unpaired) electrons. The lowest BCUT2D eigenvalue weighted by Gasteiger charge is -2.08. The first-order valence-electron chi connectivity index (χ1n) is 12.9. The molecule has 7 aromatic rings. The Morgan fingerprint density at radius 3 is 2.11 bits per heavy atom. The fraction of sp³-hybridized carbons (Fsp3) is 0.0882. The molecule has 37 heavy (non-hydrogen) atoms. The second-order valence-electron chi connectivity index (χ2n) is 9.57. The largest absolute Gasteiger partial charge is 0.436 e. The van der Waals surface area contributed by atoms with E-state index in [1.54, 1.807) is 0 Å². The molecule has 7 rings (SSSR count). The first-order valence-corrected chi connectivity index (χ1v) is 12.9. The molecule has 0 unspecified atom stereocenters. The van der Waals surface area contributed by atoms with E-state index in [4.69, 9.17) is 4.42 Å². The smallest absolute Gasteiger partial charge is 0.227 e. The van der Waals surface area contributed by atoms with Crippen LogP contribution in [0.2, 0.25) is 0 Å². The molecule has 0 bridgehead atoms. The summed E-state index contributed by atoms with van der Waals surface area (Å²) in [6.45, 7) is 2.24. The van der Waals surface area contributed by atoms with Gasteiger partial charge in [0, 0.05) is 22.0 Å². The maximum Gasteiger partial charge on any atom is 0.227 e. The molecule has 0 atom stereocenters. The average molecular weight is 479 g/mol. The normalized spacial score (nSPS) is 11.6. The van der Waals surface area contributed by atoms with Gasteiger partial charge in [0.15, 0.2) is 5.58 Å². The van der Waals surface area contributed by atoms with Crippen LogP contribution in [0.25, 0.3) is 61.2 Å². The zero-order valence-electron chi connectivity index (χ0n) is 20.7. The lowest BCUT2D eigenvalue weighted by atomic mass is 10.0. The van der Waals surface area contributed by atoms with E-state index in [2.05, 4.69) is 107 Å².